The lowest BCUT2D eigenvalue weighted by molar-refractivity contribution is -0.149. The molecule has 0 atom stereocenters. The molecule has 0 unspecified atom stereocenters. The second-order valence-corrected chi connectivity index (χ2v) is 6.83. The Balaban J connectivity index is 2.29. The van der Waals surface area contributed by atoms with Crippen molar-refractivity contribution < 1.29 is 23.8 Å². The molecule has 0 radical (unpaired) electrons. The number of carboxylic acid groups (broad SMARTS) is 1. The van der Waals surface area contributed by atoms with Crippen LogP contribution in [0.15, 0.2) is 40.0 Å². The molecule has 0 bridgehead atoms. The van der Waals surface area contributed by atoms with Crippen molar-refractivity contribution in [3.05, 3.63) is 41.1 Å². The first-order valence-corrected chi connectivity index (χ1v) is 8.09. The third kappa shape index (κ3) is 4.49. The number of rotatable bonds is 5. The van der Waals surface area contributed by atoms with Gasteiger partial charge in [-0.1, -0.05) is 0 Å². The molecule has 7 nitrogen and oxygen atoms in total. The largest absolute Gasteiger partial charge is 0.478 e. The van der Waals surface area contributed by atoms with E-state index in [1.807, 2.05) is 0 Å². The second-order valence-electron chi connectivity index (χ2n) is 5.95. The topological polar surface area (TPSA) is 113 Å². The number of esters is 1. The summed E-state index contributed by atoms with van der Waals surface area (Å²) in [4.78, 5) is 23.5. The number of carbonyl (C=O) groups excluding carboxylic acids is 1. The molecule has 0 aliphatic heterocycles. The van der Waals surface area contributed by atoms with Gasteiger partial charge in [-0.3, -0.25) is 0 Å². The lowest BCUT2D eigenvalue weighted by Gasteiger charge is -2.18. The van der Waals surface area contributed by atoms with E-state index in [0.717, 1.165) is 17.5 Å². The smallest absolute Gasteiger partial charge is 0.350 e. The van der Waals surface area contributed by atoms with Crippen molar-refractivity contribution in [3.63, 3.8) is 0 Å². The van der Waals surface area contributed by atoms with E-state index < -0.39 is 17.5 Å². The van der Waals surface area contributed by atoms with Gasteiger partial charge in [-0.25, -0.2) is 9.59 Å². The van der Waals surface area contributed by atoms with Crippen molar-refractivity contribution in [2.24, 2.45) is 0 Å². The molecule has 8 heteroatoms. The van der Waals surface area contributed by atoms with Crippen LogP contribution in [0.3, 0.4) is 0 Å². The number of nitrogens with zero attached hydrogens (tertiary/aromatic N) is 1. The highest BCUT2D eigenvalue weighted by atomic mass is 32.1. The minimum absolute atomic E-state index is 0.00215. The highest BCUT2D eigenvalue weighted by molar-refractivity contribution is 7.15. The minimum atomic E-state index is -1.15. The molecule has 0 amide bonds. The van der Waals surface area contributed by atoms with Crippen LogP contribution in [-0.4, -0.2) is 22.6 Å². The fourth-order valence-corrected chi connectivity index (χ4v) is 2.81. The molecule has 0 saturated carbocycles. The van der Waals surface area contributed by atoms with E-state index in [1.165, 1.54) is 6.26 Å². The molecule has 2 heterocycles. The van der Waals surface area contributed by atoms with Crippen LogP contribution < -0.4 is 5.32 Å². The third-order valence-corrected chi connectivity index (χ3v) is 3.79. The van der Waals surface area contributed by atoms with Gasteiger partial charge in [0, 0.05) is 17.1 Å². The number of anilines is 1. The molecule has 130 valence electrons. The van der Waals surface area contributed by atoms with Crippen molar-refractivity contribution in [1.82, 2.24) is 0 Å². The number of aromatic carboxylic acids is 1. The zero-order chi connectivity index (χ0) is 18.6. The summed E-state index contributed by atoms with van der Waals surface area (Å²) >= 11 is 1.12. The number of carboxylic acids is 1. The van der Waals surface area contributed by atoms with E-state index in [0.29, 0.717) is 11.3 Å². The summed E-state index contributed by atoms with van der Waals surface area (Å²) in [5.41, 5.74) is -0.597. The van der Waals surface area contributed by atoms with Crippen LogP contribution in [-0.2, 0) is 9.53 Å². The first-order valence-electron chi connectivity index (χ1n) is 7.21. The predicted octanol–water partition coefficient (Wildman–Crippen LogP) is 3.87. The average Bonchev–Trinajstić information content (AvgIpc) is 3.14. The minimum Gasteiger partial charge on any atom is -0.478 e. The molecular formula is C17H16N2O5S. The van der Waals surface area contributed by atoms with Gasteiger partial charge in [0.1, 0.15) is 28.0 Å². The summed E-state index contributed by atoms with van der Waals surface area (Å²) in [5, 5.41) is 23.2. The normalized spacial score (nSPS) is 11.7. The number of hydrogen-bond donors (Lipinski definition) is 2. The molecule has 2 rings (SSSR count). The summed E-state index contributed by atoms with van der Waals surface area (Å²) < 4.78 is 10.4. The number of nitriles is 1. The Kier molecular flexibility index (Phi) is 5.29. The van der Waals surface area contributed by atoms with Crippen LogP contribution >= 0.6 is 11.3 Å². The van der Waals surface area contributed by atoms with Crippen LogP contribution in [0.4, 0.5) is 5.00 Å². The van der Waals surface area contributed by atoms with E-state index in [4.69, 9.17) is 14.4 Å². The van der Waals surface area contributed by atoms with Crippen LogP contribution in [0.1, 0.15) is 31.1 Å². The van der Waals surface area contributed by atoms with Gasteiger partial charge >= 0.3 is 11.9 Å². The van der Waals surface area contributed by atoms with Gasteiger partial charge in [-0.15, -0.1) is 11.3 Å². The van der Waals surface area contributed by atoms with E-state index >= 15 is 0 Å². The van der Waals surface area contributed by atoms with E-state index in [-0.39, 0.29) is 16.1 Å². The summed E-state index contributed by atoms with van der Waals surface area (Å²) in [7, 11) is 0. The molecule has 25 heavy (non-hydrogen) atoms. The van der Waals surface area contributed by atoms with Crippen molar-refractivity contribution in [3.8, 4) is 17.4 Å². The average molecular weight is 360 g/mol. The van der Waals surface area contributed by atoms with Crippen molar-refractivity contribution >= 4 is 28.3 Å². The number of furan rings is 1. The van der Waals surface area contributed by atoms with Gasteiger partial charge in [0.15, 0.2) is 5.57 Å². The molecule has 0 fully saturated rings. The second kappa shape index (κ2) is 7.23. The SMILES string of the molecule is CC(C)(C)OC(=O)C(C#N)=CNc1scc(-c2ccco2)c1C(=O)O. The zero-order valence-corrected chi connectivity index (χ0v) is 14.6. The molecular weight excluding hydrogens is 344 g/mol. The molecule has 0 spiro atoms. The maximum Gasteiger partial charge on any atom is 0.350 e. The summed E-state index contributed by atoms with van der Waals surface area (Å²) in [6.45, 7) is 5.06. The van der Waals surface area contributed by atoms with Gasteiger partial charge in [-0.05, 0) is 32.9 Å². The van der Waals surface area contributed by atoms with Crippen molar-refractivity contribution in [2.45, 2.75) is 26.4 Å². The Morgan fingerprint density at radius 2 is 2.16 bits per heavy atom. The highest BCUT2D eigenvalue weighted by Gasteiger charge is 2.22. The van der Waals surface area contributed by atoms with E-state index in [9.17, 15) is 14.7 Å². The number of nitrogens with one attached hydrogen (secondary N) is 1. The number of carbonyl (C=O) groups is 2. The van der Waals surface area contributed by atoms with Crippen molar-refractivity contribution in [1.29, 1.82) is 5.26 Å². The molecule has 0 aromatic carbocycles. The predicted molar refractivity (Wildman–Crippen MR) is 92.1 cm³/mol. The monoisotopic (exact) mass is 360 g/mol. The van der Waals surface area contributed by atoms with Gasteiger partial charge in [-0.2, -0.15) is 5.26 Å². The van der Waals surface area contributed by atoms with Gasteiger partial charge in [0.2, 0.25) is 0 Å². The molecule has 2 N–H and O–H groups in total. The Labute approximate surface area is 148 Å². The lowest BCUT2D eigenvalue weighted by atomic mass is 10.1. The summed E-state index contributed by atoms with van der Waals surface area (Å²) in [6.07, 6.45) is 2.58. The Morgan fingerprint density at radius 1 is 1.44 bits per heavy atom. The van der Waals surface area contributed by atoms with Crippen LogP contribution in [0.2, 0.25) is 0 Å². The maximum atomic E-state index is 11.9. The number of thiophene rings is 1. The molecule has 2 aromatic rings. The summed E-state index contributed by atoms with van der Waals surface area (Å²) in [5.74, 6) is -1.53. The van der Waals surface area contributed by atoms with Crippen LogP contribution in [0.25, 0.3) is 11.3 Å². The Morgan fingerprint density at radius 3 is 2.68 bits per heavy atom. The number of hydrogen-bond acceptors (Lipinski definition) is 7. The zero-order valence-electron chi connectivity index (χ0n) is 13.8. The standard InChI is InChI=1S/C17H16N2O5S/c1-17(2,3)24-16(22)10(7-18)8-19-14-13(15(20)21)11(9-25-14)12-5-4-6-23-12/h4-6,8-9,19H,1-3H3,(H,20,21). The maximum absolute atomic E-state index is 11.9. The summed E-state index contributed by atoms with van der Waals surface area (Å²) in [6, 6.07) is 5.04. The van der Waals surface area contributed by atoms with Crippen molar-refractivity contribution in [2.75, 3.05) is 5.32 Å². The van der Waals surface area contributed by atoms with Gasteiger partial charge < -0.3 is 19.6 Å². The third-order valence-electron chi connectivity index (χ3n) is 2.88. The molecule has 0 aliphatic rings. The molecule has 0 aliphatic carbocycles. The van der Waals surface area contributed by atoms with Crippen LogP contribution in [0, 0.1) is 11.3 Å². The van der Waals surface area contributed by atoms with E-state index in [2.05, 4.69) is 5.32 Å². The Hall–Kier alpha value is -3.05. The first-order chi connectivity index (χ1) is 11.7. The number of ether oxygens (including phenoxy) is 1. The fourth-order valence-electron chi connectivity index (χ4n) is 1.90. The van der Waals surface area contributed by atoms with E-state index in [1.54, 1.807) is 44.4 Å². The Bertz CT molecular complexity index is 851. The molecule has 2 aromatic heterocycles. The quantitative estimate of drug-likeness (QED) is 0.473. The van der Waals surface area contributed by atoms with Gasteiger partial charge in [0.25, 0.3) is 0 Å². The first kappa shape index (κ1) is 18.3. The fraction of sp³-hybridized carbons (Fsp3) is 0.235. The van der Waals surface area contributed by atoms with Gasteiger partial charge in [0.05, 0.1) is 6.26 Å². The van der Waals surface area contributed by atoms with Crippen LogP contribution in [0.5, 0.6) is 0 Å². The highest BCUT2D eigenvalue weighted by Crippen LogP contribution is 2.36. The lowest BCUT2D eigenvalue weighted by Crippen LogP contribution is -2.24. The molecule has 0 saturated heterocycles.